The first kappa shape index (κ1) is 12.9. The van der Waals surface area contributed by atoms with Crippen molar-refractivity contribution in [1.29, 1.82) is 0 Å². The monoisotopic (exact) mass is 260 g/mol. The van der Waals surface area contributed by atoms with E-state index in [2.05, 4.69) is 16.9 Å². The SMILES string of the molecule is C[C@H](O)c1ccc(N(C)CC2CC3CCC2C3)nc1. The lowest BCUT2D eigenvalue weighted by Crippen LogP contribution is -2.29. The molecule has 0 aliphatic heterocycles. The molecule has 1 aromatic rings. The van der Waals surface area contributed by atoms with E-state index in [9.17, 15) is 5.11 Å². The summed E-state index contributed by atoms with van der Waals surface area (Å²) >= 11 is 0. The molecule has 104 valence electrons. The Balaban J connectivity index is 1.62. The quantitative estimate of drug-likeness (QED) is 0.904. The van der Waals surface area contributed by atoms with Gasteiger partial charge in [-0.3, -0.25) is 0 Å². The molecule has 2 bridgehead atoms. The third kappa shape index (κ3) is 2.62. The number of fused-ring (bicyclic) bond motifs is 2. The molecular formula is C16H24N2O. The van der Waals surface area contributed by atoms with E-state index < -0.39 is 6.10 Å². The van der Waals surface area contributed by atoms with Crippen LogP contribution in [-0.2, 0) is 0 Å². The first-order chi connectivity index (χ1) is 9.13. The van der Waals surface area contributed by atoms with Crippen LogP contribution in [0.5, 0.6) is 0 Å². The van der Waals surface area contributed by atoms with Crippen molar-refractivity contribution in [3.63, 3.8) is 0 Å². The Hall–Kier alpha value is -1.09. The van der Waals surface area contributed by atoms with Crippen LogP contribution in [-0.4, -0.2) is 23.7 Å². The summed E-state index contributed by atoms with van der Waals surface area (Å²) in [7, 11) is 2.14. The minimum absolute atomic E-state index is 0.433. The number of aliphatic hydroxyl groups is 1. The van der Waals surface area contributed by atoms with Gasteiger partial charge in [-0.25, -0.2) is 4.98 Å². The summed E-state index contributed by atoms with van der Waals surface area (Å²) in [5.74, 6) is 3.85. The Kier molecular flexibility index (Phi) is 3.48. The maximum atomic E-state index is 9.50. The summed E-state index contributed by atoms with van der Waals surface area (Å²) in [6.07, 6.45) is 7.15. The van der Waals surface area contributed by atoms with Gasteiger partial charge in [0.2, 0.25) is 0 Å². The highest BCUT2D eigenvalue weighted by Crippen LogP contribution is 2.48. The molecule has 0 radical (unpaired) electrons. The van der Waals surface area contributed by atoms with Crippen molar-refractivity contribution in [1.82, 2.24) is 4.98 Å². The maximum Gasteiger partial charge on any atom is 0.128 e. The summed E-state index contributed by atoms with van der Waals surface area (Å²) in [5.41, 5.74) is 0.886. The van der Waals surface area contributed by atoms with Gasteiger partial charge >= 0.3 is 0 Å². The van der Waals surface area contributed by atoms with Crippen molar-refractivity contribution in [3.05, 3.63) is 23.9 Å². The third-order valence-electron chi connectivity index (χ3n) is 5.04. The van der Waals surface area contributed by atoms with Crippen molar-refractivity contribution in [2.45, 2.75) is 38.7 Å². The van der Waals surface area contributed by atoms with Crippen LogP contribution >= 0.6 is 0 Å². The van der Waals surface area contributed by atoms with Crippen LogP contribution in [0.25, 0.3) is 0 Å². The molecular weight excluding hydrogens is 236 g/mol. The van der Waals surface area contributed by atoms with Crippen LogP contribution in [0.4, 0.5) is 5.82 Å². The molecule has 0 saturated heterocycles. The van der Waals surface area contributed by atoms with E-state index in [4.69, 9.17) is 0 Å². The van der Waals surface area contributed by atoms with Crippen molar-refractivity contribution in [3.8, 4) is 0 Å². The first-order valence-corrected chi connectivity index (χ1v) is 7.48. The van der Waals surface area contributed by atoms with E-state index in [1.807, 2.05) is 12.1 Å². The van der Waals surface area contributed by atoms with E-state index in [0.717, 1.165) is 35.7 Å². The lowest BCUT2D eigenvalue weighted by Gasteiger charge is -2.28. The number of nitrogens with zero attached hydrogens (tertiary/aromatic N) is 2. The van der Waals surface area contributed by atoms with E-state index in [-0.39, 0.29) is 0 Å². The second-order valence-electron chi connectivity index (χ2n) is 6.44. The molecule has 1 heterocycles. The fourth-order valence-corrected chi connectivity index (χ4v) is 3.92. The molecule has 1 N–H and O–H groups in total. The Morgan fingerprint density at radius 3 is 2.74 bits per heavy atom. The zero-order chi connectivity index (χ0) is 13.4. The number of aromatic nitrogens is 1. The molecule has 0 amide bonds. The van der Waals surface area contributed by atoms with Gasteiger partial charge in [-0.15, -0.1) is 0 Å². The van der Waals surface area contributed by atoms with E-state index in [0.29, 0.717) is 0 Å². The number of hydrogen-bond donors (Lipinski definition) is 1. The number of aliphatic hydroxyl groups excluding tert-OH is 1. The number of hydrogen-bond acceptors (Lipinski definition) is 3. The minimum atomic E-state index is -0.433. The number of pyridine rings is 1. The molecule has 19 heavy (non-hydrogen) atoms. The topological polar surface area (TPSA) is 36.4 Å². The number of anilines is 1. The van der Waals surface area contributed by atoms with E-state index in [1.165, 1.54) is 25.7 Å². The summed E-state index contributed by atoms with van der Waals surface area (Å²) in [5, 5.41) is 9.50. The van der Waals surface area contributed by atoms with Crippen molar-refractivity contribution >= 4 is 5.82 Å². The molecule has 3 rings (SSSR count). The highest BCUT2D eigenvalue weighted by Gasteiger charge is 2.39. The largest absolute Gasteiger partial charge is 0.389 e. The Bertz CT molecular complexity index is 429. The van der Waals surface area contributed by atoms with Crippen molar-refractivity contribution in [2.75, 3.05) is 18.5 Å². The van der Waals surface area contributed by atoms with Crippen molar-refractivity contribution < 1.29 is 5.11 Å². The van der Waals surface area contributed by atoms with Gasteiger partial charge in [0.1, 0.15) is 5.82 Å². The highest BCUT2D eigenvalue weighted by molar-refractivity contribution is 5.38. The Morgan fingerprint density at radius 1 is 1.37 bits per heavy atom. The first-order valence-electron chi connectivity index (χ1n) is 7.48. The Labute approximate surface area is 115 Å². The van der Waals surface area contributed by atoms with Crippen LogP contribution in [0, 0.1) is 17.8 Å². The predicted molar refractivity (Wildman–Crippen MR) is 77.1 cm³/mol. The average Bonchev–Trinajstić information content (AvgIpc) is 3.01. The summed E-state index contributed by atoms with van der Waals surface area (Å²) in [6, 6.07) is 4.00. The normalized spacial score (nSPS) is 30.6. The average molecular weight is 260 g/mol. The Morgan fingerprint density at radius 2 is 2.21 bits per heavy atom. The second kappa shape index (κ2) is 5.12. The second-order valence-corrected chi connectivity index (χ2v) is 6.44. The fourth-order valence-electron chi connectivity index (χ4n) is 3.92. The standard InChI is InChI=1S/C16H24N2O/c1-11(19)14-5-6-16(17-9-14)18(2)10-15-8-12-3-4-13(15)7-12/h5-6,9,11-13,15,19H,3-4,7-8,10H2,1-2H3/t11-,12?,13?,15?/m0/s1. The van der Waals surface area contributed by atoms with Gasteiger partial charge in [0.15, 0.2) is 0 Å². The molecule has 1 aromatic heterocycles. The molecule has 3 unspecified atom stereocenters. The van der Waals surface area contributed by atoms with Crippen LogP contribution in [0.15, 0.2) is 18.3 Å². The molecule has 2 aliphatic carbocycles. The van der Waals surface area contributed by atoms with Gasteiger partial charge < -0.3 is 10.0 Å². The highest BCUT2D eigenvalue weighted by atomic mass is 16.3. The molecule has 3 heteroatoms. The fraction of sp³-hybridized carbons (Fsp3) is 0.688. The molecule has 0 aromatic carbocycles. The van der Waals surface area contributed by atoms with Gasteiger partial charge in [0, 0.05) is 19.8 Å². The van der Waals surface area contributed by atoms with Gasteiger partial charge in [0.25, 0.3) is 0 Å². The van der Waals surface area contributed by atoms with Crippen LogP contribution in [0.3, 0.4) is 0 Å². The molecule has 3 nitrogen and oxygen atoms in total. The minimum Gasteiger partial charge on any atom is -0.389 e. The van der Waals surface area contributed by atoms with Gasteiger partial charge in [0.05, 0.1) is 6.10 Å². The van der Waals surface area contributed by atoms with Crippen LogP contribution < -0.4 is 4.90 Å². The zero-order valence-electron chi connectivity index (χ0n) is 11.9. The zero-order valence-corrected chi connectivity index (χ0v) is 11.9. The lowest BCUT2D eigenvalue weighted by atomic mass is 9.88. The molecule has 2 aliphatic rings. The molecule has 4 atom stereocenters. The summed E-state index contributed by atoms with van der Waals surface area (Å²) in [4.78, 5) is 6.74. The summed E-state index contributed by atoms with van der Waals surface area (Å²) < 4.78 is 0. The molecule has 2 fully saturated rings. The molecule has 2 saturated carbocycles. The maximum absolute atomic E-state index is 9.50. The predicted octanol–water partition coefficient (Wildman–Crippen LogP) is 3.01. The van der Waals surface area contributed by atoms with Gasteiger partial charge in [-0.05, 0) is 55.6 Å². The van der Waals surface area contributed by atoms with E-state index in [1.54, 1.807) is 13.1 Å². The van der Waals surface area contributed by atoms with Gasteiger partial charge in [-0.1, -0.05) is 12.5 Å². The third-order valence-corrected chi connectivity index (χ3v) is 5.04. The van der Waals surface area contributed by atoms with Crippen LogP contribution in [0.1, 0.15) is 44.3 Å². The smallest absolute Gasteiger partial charge is 0.128 e. The lowest BCUT2D eigenvalue weighted by molar-refractivity contribution is 0.199. The van der Waals surface area contributed by atoms with Crippen molar-refractivity contribution in [2.24, 2.45) is 17.8 Å². The van der Waals surface area contributed by atoms with E-state index >= 15 is 0 Å². The van der Waals surface area contributed by atoms with Crippen LogP contribution in [0.2, 0.25) is 0 Å². The number of rotatable bonds is 4. The molecule has 0 spiro atoms. The summed E-state index contributed by atoms with van der Waals surface area (Å²) in [6.45, 7) is 2.90. The van der Waals surface area contributed by atoms with Gasteiger partial charge in [-0.2, -0.15) is 0 Å².